The number of amides is 1. The van der Waals surface area contributed by atoms with Gasteiger partial charge in [0, 0.05) is 18.2 Å². The van der Waals surface area contributed by atoms with E-state index in [4.69, 9.17) is 0 Å². The van der Waals surface area contributed by atoms with E-state index in [1.54, 1.807) is 29.3 Å². The number of rotatable bonds is 4. The fourth-order valence-corrected chi connectivity index (χ4v) is 4.30. The molecule has 2 heterocycles. The number of hydrogen-bond donors (Lipinski definition) is 1. The molecule has 6 heteroatoms. The molecule has 5 rings (SSSR count). The summed E-state index contributed by atoms with van der Waals surface area (Å²) in [6.45, 7) is 0.720. The van der Waals surface area contributed by atoms with E-state index in [9.17, 15) is 4.79 Å². The van der Waals surface area contributed by atoms with E-state index in [0.29, 0.717) is 22.7 Å². The molecular weight excluding hydrogens is 326 g/mol. The zero-order valence-corrected chi connectivity index (χ0v) is 14.3. The lowest BCUT2D eigenvalue weighted by Gasteiger charge is -2.12. The fraction of sp³-hybridized carbons (Fsp3) is 0.300. The Balaban J connectivity index is 1.23. The quantitative estimate of drug-likeness (QED) is 0.787. The van der Waals surface area contributed by atoms with Crippen LogP contribution < -0.4 is 5.32 Å². The number of hydrogen-bond acceptors (Lipinski definition) is 4. The van der Waals surface area contributed by atoms with Crippen molar-refractivity contribution in [2.24, 2.45) is 5.92 Å². The summed E-state index contributed by atoms with van der Waals surface area (Å²) in [7, 11) is 0. The third kappa shape index (κ3) is 2.41. The predicted octanol–water partition coefficient (Wildman–Crippen LogP) is 2.30. The Morgan fingerprint density at radius 1 is 1.27 bits per heavy atom. The smallest absolute Gasteiger partial charge is 0.252 e. The number of aryl methyl sites for hydroxylation is 1. The first-order chi connectivity index (χ1) is 12.8. The van der Waals surface area contributed by atoms with Crippen molar-refractivity contribution in [2.75, 3.05) is 6.54 Å². The topological polar surface area (TPSA) is 72.7 Å². The molecule has 0 saturated heterocycles. The molecule has 2 aromatic heterocycles. The molecule has 0 aliphatic heterocycles. The molecule has 3 aromatic rings. The second-order valence-electron chi connectivity index (χ2n) is 7.17. The Hall–Kier alpha value is -3.02. The average Bonchev–Trinajstić information content (AvgIpc) is 3.01. The standard InChI is InChI=1S/C20H19N5O/c26-19(15-5-6-18(22-10-15)25-13-21-12-24-25)23-11-16-9-20(16)8-7-14-3-1-2-4-17(14)20/h1-6,10,12-13,16H,7-9,11H2,(H,23,26)/t16-,20-/m1/s1. The summed E-state index contributed by atoms with van der Waals surface area (Å²) >= 11 is 0. The molecule has 130 valence electrons. The molecule has 2 atom stereocenters. The van der Waals surface area contributed by atoms with E-state index in [2.05, 4.69) is 44.6 Å². The van der Waals surface area contributed by atoms with E-state index < -0.39 is 0 Å². The van der Waals surface area contributed by atoms with Gasteiger partial charge in [0.25, 0.3) is 5.91 Å². The predicted molar refractivity (Wildman–Crippen MR) is 96.0 cm³/mol. The van der Waals surface area contributed by atoms with Crippen LogP contribution in [0.15, 0.2) is 55.2 Å². The monoisotopic (exact) mass is 345 g/mol. The SMILES string of the molecule is O=C(NC[C@H]1C[C@]12CCc1ccccc12)c1ccc(-n2cncn2)nc1. The Kier molecular flexibility index (Phi) is 3.38. The van der Waals surface area contributed by atoms with Gasteiger partial charge in [-0.3, -0.25) is 4.79 Å². The average molecular weight is 345 g/mol. The highest BCUT2D eigenvalue weighted by Gasteiger charge is 2.57. The maximum absolute atomic E-state index is 12.4. The summed E-state index contributed by atoms with van der Waals surface area (Å²) in [6, 6.07) is 12.3. The van der Waals surface area contributed by atoms with Crippen molar-refractivity contribution in [1.29, 1.82) is 0 Å². The normalized spacial score (nSPS) is 23.0. The largest absolute Gasteiger partial charge is 0.352 e. The summed E-state index contributed by atoms with van der Waals surface area (Å²) in [4.78, 5) is 20.6. The van der Waals surface area contributed by atoms with Crippen LogP contribution in [0.2, 0.25) is 0 Å². The van der Waals surface area contributed by atoms with Crippen LogP contribution in [0.4, 0.5) is 0 Å². The van der Waals surface area contributed by atoms with Crippen LogP contribution >= 0.6 is 0 Å². The Bertz CT molecular complexity index is 951. The van der Waals surface area contributed by atoms with Gasteiger partial charge in [-0.1, -0.05) is 24.3 Å². The van der Waals surface area contributed by atoms with E-state index in [0.717, 1.165) is 13.0 Å². The number of pyridine rings is 1. The minimum Gasteiger partial charge on any atom is -0.352 e. The first kappa shape index (κ1) is 15.3. The maximum atomic E-state index is 12.4. The van der Waals surface area contributed by atoms with Crippen molar-refractivity contribution in [3.8, 4) is 5.82 Å². The van der Waals surface area contributed by atoms with Gasteiger partial charge in [0.2, 0.25) is 0 Å². The third-order valence-corrected chi connectivity index (χ3v) is 5.80. The molecule has 1 fully saturated rings. The van der Waals surface area contributed by atoms with Gasteiger partial charge in [0.15, 0.2) is 5.82 Å². The van der Waals surface area contributed by atoms with Gasteiger partial charge in [-0.25, -0.2) is 14.6 Å². The summed E-state index contributed by atoms with van der Waals surface area (Å²) in [5.74, 6) is 1.11. The molecule has 2 aliphatic rings. The second-order valence-corrected chi connectivity index (χ2v) is 7.17. The Morgan fingerprint density at radius 3 is 3.00 bits per heavy atom. The molecule has 0 unspecified atom stereocenters. The zero-order valence-electron chi connectivity index (χ0n) is 14.3. The number of nitrogens with zero attached hydrogens (tertiary/aromatic N) is 4. The minimum absolute atomic E-state index is 0.0732. The second kappa shape index (κ2) is 5.76. The van der Waals surface area contributed by atoms with Crippen LogP contribution in [0.3, 0.4) is 0 Å². The molecule has 1 amide bonds. The van der Waals surface area contributed by atoms with Crippen molar-refractivity contribution in [1.82, 2.24) is 25.1 Å². The van der Waals surface area contributed by atoms with E-state index in [1.807, 2.05) is 0 Å². The van der Waals surface area contributed by atoms with Gasteiger partial charge in [0.05, 0.1) is 5.56 Å². The van der Waals surface area contributed by atoms with Crippen LogP contribution in [-0.4, -0.2) is 32.2 Å². The summed E-state index contributed by atoms with van der Waals surface area (Å²) in [5.41, 5.74) is 3.85. The third-order valence-electron chi connectivity index (χ3n) is 5.80. The maximum Gasteiger partial charge on any atom is 0.252 e. The summed E-state index contributed by atoms with van der Waals surface area (Å²) < 4.78 is 1.56. The summed E-state index contributed by atoms with van der Waals surface area (Å²) in [5, 5.41) is 7.11. The van der Waals surface area contributed by atoms with Gasteiger partial charge in [0.1, 0.15) is 12.7 Å². The van der Waals surface area contributed by atoms with Gasteiger partial charge in [-0.15, -0.1) is 0 Å². The van der Waals surface area contributed by atoms with Gasteiger partial charge >= 0.3 is 0 Å². The Morgan fingerprint density at radius 2 is 2.19 bits per heavy atom. The van der Waals surface area contributed by atoms with Crippen molar-refractivity contribution < 1.29 is 4.79 Å². The highest BCUT2D eigenvalue weighted by atomic mass is 16.1. The van der Waals surface area contributed by atoms with Gasteiger partial charge in [-0.2, -0.15) is 5.10 Å². The van der Waals surface area contributed by atoms with Crippen LogP contribution in [0, 0.1) is 5.92 Å². The van der Waals surface area contributed by atoms with Crippen molar-refractivity contribution in [3.05, 3.63) is 71.9 Å². The zero-order chi connectivity index (χ0) is 17.6. The Labute approximate surface area is 151 Å². The van der Waals surface area contributed by atoms with Crippen LogP contribution in [-0.2, 0) is 11.8 Å². The molecule has 1 spiro atoms. The van der Waals surface area contributed by atoms with E-state index in [1.165, 1.54) is 30.3 Å². The van der Waals surface area contributed by atoms with Crippen LogP contribution in [0.5, 0.6) is 0 Å². The fourth-order valence-electron chi connectivity index (χ4n) is 4.30. The molecule has 6 nitrogen and oxygen atoms in total. The van der Waals surface area contributed by atoms with Gasteiger partial charge < -0.3 is 5.32 Å². The van der Waals surface area contributed by atoms with Crippen LogP contribution in [0.25, 0.3) is 5.82 Å². The number of benzene rings is 1. The van der Waals surface area contributed by atoms with Crippen molar-refractivity contribution >= 4 is 5.91 Å². The molecule has 26 heavy (non-hydrogen) atoms. The first-order valence-electron chi connectivity index (χ1n) is 8.94. The highest BCUT2D eigenvalue weighted by molar-refractivity contribution is 5.94. The lowest BCUT2D eigenvalue weighted by molar-refractivity contribution is 0.0950. The van der Waals surface area contributed by atoms with E-state index >= 15 is 0 Å². The molecule has 1 saturated carbocycles. The molecule has 1 aromatic carbocycles. The van der Waals surface area contributed by atoms with E-state index in [-0.39, 0.29) is 5.91 Å². The first-order valence-corrected chi connectivity index (χ1v) is 8.94. The van der Waals surface area contributed by atoms with Gasteiger partial charge in [-0.05, 0) is 48.4 Å². The summed E-state index contributed by atoms with van der Waals surface area (Å²) in [6.07, 6.45) is 8.16. The lowest BCUT2D eigenvalue weighted by atomic mass is 9.95. The molecule has 1 N–H and O–H groups in total. The number of carbonyl (C=O) groups is 1. The number of aromatic nitrogens is 4. The molecular formula is C20H19N5O. The number of fused-ring (bicyclic) bond motifs is 2. The highest BCUT2D eigenvalue weighted by Crippen LogP contribution is 2.61. The molecule has 2 aliphatic carbocycles. The molecule has 0 radical (unpaired) electrons. The number of carbonyl (C=O) groups excluding carboxylic acids is 1. The molecule has 0 bridgehead atoms. The number of nitrogens with one attached hydrogen (secondary N) is 1. The minimum atomic E-state index is -0.0732. The van der Waals surface area contributed by atoms with Crippen molar-refractivity contribution in [3.63, 3.8) is 0 Å². The van der Waals surface area contributed by atoms with Crippen LogP contribution in [0.1, 0.15) is 34.3 Å². The van der Waals surface area contributed by atoms with Crippen molar-refractivity contribution in [2.45, 2.75) is 24.7 Å². The lowest BCUT2D eigenvalue weighted by Crippen LogP contribution is -2.27.